The molecule has 8 aromatic rings. The van der Waals surface area contributed by atoms with E-state index in [4.69, 9.17) is 9.97 Å². The van der Waals surface area contributed by atoms with E-state index in [1.807, 2.05) is 0 Å². The minimum Gasteiger partial charge on any atom is -0.228 e. The molecule has 0 atom stereocenters. The number of nitrogens with zero attached hydrogens (tertiary/aromatic N) is 2. The van der Waals surface area contributed by atoms with Crippen LogP contribution in [0.5, 0.6) is 0 Å². The molecule has 0 bridgehead atoms. The van der Waals surface area contributed by atoms with E-state index in [1.54, 1.807) is 0 Å². The third kappa shape index (κ3) is 5.62. The zero-order valence-corrected chi connectivity index (χ0v) is 29.7. The summed E-state index contributed by atoms with van der Waals surface area (Å²) in [6.07, 6.45) is 0. The highest BCUT2D eigenvalue weighted by molar-refractivity contribution is 7.04. The molecular formula is C48H36N2Si. The molecule has 1 aliphatic rings. The zero-order chi connectivity index (χ0) is 34.4. The molecule has 242 valence electrons. The molecule has 3 heteroatoms. The fourth-order valence-electron chi connectivity index (χ4n) is 7.61. The van der Waals surface area contributed by atoms with Crippen LogP contribution in [0.4, 0.5) is 0 Å². The van der Waals surface area contributed by atoms with Crippen LogP contribution in [0.1, 0.15) is 0 Å². The first-order chi connectivity index (χ1) is 25.0. The van der Waals surface area contributed by atoms with Crippen molar-refractivity contribution in [1.29, 1.82) is 0 Å². The summed E-state index contributed by atoms with van der Waals surface area (Å²) in [5.41, 5.74) is 15.1. The van der Waals surface area contributed by atoms with E-state index >= 15 is 0 Å². The van der Waals surface area contributed by atoms with Crippen LogP contribution < -0.4 is 10.4 Å². The molecule has 7 aromatic carbocycles. The first-order valence-electron chi connectivity index (χ1n) is 17.6. The summed E-state index contributed by atoms with van der Waals surface area (Å²) < 4.78 is 0. The van der Waals surface area contributed by atoms with Crippen LogP contribution in [0.3, 0.4) is 0 Å². The fraction of sp³-hybridized carbons (Fsp3) is 0.0417. The molecule has 0 radical (unpaired) electrons. The molecule has 51 heavy (non-hydrogen) atoms. The van der Waals surface area contributed by atoms with Crippen molar-refractivity contribution >= 4 is 18.4 Å². The number of aromatic nitrogens is 2. The van der Waals surface area contributed by atoms with Gasteiger partial charge in [-0.05, 0) is 72.6 Å². The van der Waals surface area contributed by atoms with Crippen LogP contribution in [0.2, 0.25) is 13.1 Å². The van der Waals surface area contributed by atoms with Gasteiger partial charge < -0.3 is 0 Å². The van der Waals surface area contributed by atoms with Gasteiger partial charge >= 0.3 is 0 Å². The van der Waals surface area contributed by atoms with E-state index in [1.165, 1.54) is 60.4 Å². The lowest BCUT2D eigenvalue weighted by molar-refractivity contribution is 1.20. The Kier molecular flexibility index (Phi) is 7.64. The first-order valence-corrected chi connectivity index (χ1v) is 20.6. The van der Waals surface area contributed by atoms with Gasteiger partial charge in [0.1, 0.15) is 8.07 Å². The maximum atomic E-state index is 5.40. The monoisotopic (exact) mass is 668 g/mol. The van der Waals surface area contributed by atoms with Crippen LogP contribution in [0, 0.1) is 0 Å². The third-order valence-corrected chi connectivity index (χ3v) is 13.8. The zero-order valence-electron chi connectivity index (χ0n) is 28.7. The van der Waals surface area contributed by atoms with Gasteiger partial charge in [0, 0.05) is 11.1 Å². The van der Waals surface area contributed by atoms with E-state index in [2.05, 4.69) is 195 Å². The molecule has 0 aliphatic carbocycles. The standard InChI is InChI=1S/C48H36N2Si/c1-51(2)44-22-10-9-21-43(44)46-47(51)45(37-27-23-35(24-28-37)41-19-11-17-39(31-41)33-13-5-3-6-14-33)49-48(50-46)38-29-25-36(26-30-38)42-20-12-18-40(32-42)34-15-7-4-8-16-34/h3-32H,1-2H3. The van der Waals surface area contributed by atoms with Crippen LogP contribution in [-0.2, 0) is 0 Å². The number of fused-ring (bicyclic) bond motifs is 3. The number of rotatable bonds is 6. The second-order valence-electron chi connectivity index (χ2n) is 13.8. The Labute approximate surface area is 300 Å². The molecule has 0 saturated heterocycles. The van der Waals surface area contributed by atoms with E-state index in [0.717, 1.165) is 28.3 Å². The second-order valence-corrected chi connectivity index (χ2v) is 18.1. The Bertz CT molecular complexity index is 2520. The molecule has 0 unspecified atom stereocenters. The summed E-state index contributed by atoms with van der Waals surface area (Å²) in [7, 11) is -2.07. The Hall–Kier alpha value is -6.16. The van der Waals surface area contributed by atoms with E-state index in [9.17, 15) is 0 Å². The second kappa shape index (κ2) is 12.6. The molecule has 0 saturated carbocycles. The van der Waals surface area contributed by atoms with E-state index < -0.39 is 8.07 Å². The molecule has 0 spiro atoms. The maximum absolute atomic E-state index is 5.40. The SMILES string of the molecule is C[Si]1(C)c2ccccc2-c2nc(-c3ccc(-c4cccc(-c5ccccc5)c4)cc3)nc(-c3ccc(-c4cccc(-c5ccccc5)c4)cc3)c21. The first kappa shape index (κ1) is 30.9. The largest absolute Gasteiger partial charge is 0.228 e. The summed E-state index contributed by atoms with van der Waals surface area (Å²) in [6, 6.07) is 65.2. The van der Waals surface area contributed by atoms with Gasteiger partial charge in [-0.25, -0.2) is 9.97 Å². The van der Waals surface area contributed by atoms with Gasteiger partial charge in [-0.1, -0.05) is 183 Å². The molecule has 0 N–H and O–H groups in total. The van der Waals surface area contributed by atoms with Crippen molar-refractivity contribution in [1.82, 2.24) is 9.97 Å². The third-order valence-electron chi connectivity index (χ3n) is 10.3. The summed E-state index contributed by atoms with van der Waals surface area (Å²) in [6.45, 7) is 4.87. The van der Waals surface area contributed by atoms with Gasteiger partial charge in [-0.2, -0.15) is 0 Å². The van der Waals surface area contributed by atoms with Gasteiger partial charge in [-0.3, -0.25) is 0 Å². The topological polar surface area (TPSA) is 25.8 Å². The van der Waals surface area contributed by atoms with Crippen LogP contribution in [-0.4, -0.2) is 18.0 Å². The van der Waals surface area contributed by atoms with Gasteiger partial charge in [0.25, 0.3) is 0 Å². The van der Waals surface area contributed by atoms with Crippen molar-refractivity contribution in [3.05, 3.63) is 182 Å². The number of hydrogen-bond acceptors (Lipinski definition) is 2. The molecule has 0 fully saturated rings. The Balaban J connectivity index is 1.11. The summed E-state index contributed by atoms with van der Waals surface area (Å²) in [4.78, 5) is 10.7. The predicted octanol–water partition coefficient (Wildman–Crippen LogP) is 11.3. The smallest absolute Gasteiger partial charge is 0.160 e. The Morgan fingerprint density at radius 3 is 1.25 bits per heavy atom. The van der Waals surface area contributed by atoms with Crippen molar-refractivity contribution in [2.45, 2.75) is 13.1 Å². The highest BCUT2D eigenvalue weighted by Crippen LogP contribution is 2.35. The summed E-state index contributed by atoms with van der Waals surface area (Å²) >= 11 is 0. The normalized spacial score (nSPS) is 12.7. The highest BCUT2D eigenvalue weighted by Gasteiger charge is 2.41. The van der Waals surface area contributed by atoms with Crippen molar-refractivity contribution in [2.24, 2.45) is 0 Å². The highest BCUT2D eigenvalue weighted by atomic mass is 28.3. The van der Waals surface area contributed by atoms with Crippen molar-refractivity contribution in [3.63, 3.8) is 0 Å². The molecule has 2 nitrogen and oxygen atoms in total. The predicted molar refractivity (Wildman–Crippen MR) is 217 cm³/mol. The number of benzene rings is 7. The molecule has 1 aliphatic heterocycles. The lowest BCUT2D eigenvalue weighted by Crippen LogP contribution is -2.50. The van der Waals surface area contributed by atoms with E-state index in [-0.39, 0.29) is 0 Å². The van der Waals surface area contributed by atoms with E-state index in [0.29, 0.717) is 0 Å². The van der Waals surface area contributed by atoms with Crippen molar-refractivity contribution < 1.29 is 0 Å². The van der Waals surface area contributed by atoms with Crippen LogP contribution in [0.25, 0.3) is 78.4 Å². The quantitative estimate of drug-likeness (QED) is 0.165. The molecular weight excluding hydrogens is 633 g/mol. The van der Waals surface area contributed by atoms with Crippen molar-refractivity contribution in [3.8, 4) is 78.4 Å². The molecule has 9 rings (SSSR count). The minimum atomic E-state index is -2.07. The summed E-state index contributed by atoms with van der Waals surface area (Å²) in [5.74, 6) is 0.759. The van der Waals surface area contributed by atoms with Crippen molar-refractivity contribution in [2.75, 3.05) is 0 Å². The fourth-order valence-corrected chi connectivity index (χ4v) is 10.8. The average Bonchev–Trinajstić information content (AvgIpc) is 3.44. The Morgan fingerprint density at radius 1 is 0.333 bits per heavy atom. The molecule has 0 amide bonds. The lowest BCUT2D eigenvalue weighted by atomic mass is 9.97. The van der Waals surface area contributed by atoms with Gasteiger partial charge in [0.2, 0.25) is 0 Å². The number of hydrogen-bond donors (Lipinski definition) is 0. The summed E-state index contributed by atoms with van der Waals surface area (Å²) in [5, 5.41) is 2.75. The maximum Gasteiger partial charge on any atom is 0.160 e. The van der Waals surface area contributed by atoms with Crippen LogP contribution >= 0.6 is 0 Å². The van der Waals surface area contributed by atoms with Crippen LogP contribution in [0.15, 0.2) is 182 Å². The lowest BCUT2D eigenvalue weighted by Gasteiger charge is -2.21. The van der Waals surface area contributed by atoms with Gasteiger partial charge in [0.15, 0.2) is 5.82 Å². The molecule has 2 heterocycles. The Morgan fingerprint density at radius 2 is 0.725 bits per heavy atom. The van der Waals surface area contributed by atoms with Gasteiger partial charge in [-0.15, -0.1) is 0 Å². The molecule has 1 aromatic heterocycles. The average molecular weight is 669 g/mol. The van der Waals surface area contributed by atoms with Gasteiger partial charge in [0.05, 0.1) is 11.4 Å². The minimum absolute atomic E-state index is 0.759.